The van der Waals surface area contributed by atoms with Crippen LogP contribution in [0, 0.1) is 0 Å². The van der Waals surface area contributed by atoms with E-state index in [2.05, 4.69) is 0 Å². The zero-order valence-corrected chi connectivity index (χ0v) is 10.3. The van der Waals surface area contributed by atoms with E-state index in [4.69, 9.17) is 9.52 Å². The molecular weight excluding hydrogens is 228 g/mol. The highest BCUT2D eigenvalue weighted by atomic mass is 16.4. The normalized spacial score (nSPS) is 10.5. The summed E-state index contributed by atoms with van der Waals surface area (Å²) in [5, 5.41) is 9.11. The summed E-state index contributed by atoms with van der Waals surface area (Å²) in [5.41, 5.74) is 1.41. The first-order valence-corrected chi connectivity index (χ1v) is 6.09. The van der Waals surface area contributed by atoms with Gasteiger partial charge < -0.3 is 9.52 Å². The summed E-state index contributed by atoms with van der Waals surface area (Å²) in [4.78, 5) is 11.1. The van der Waals surface area contributed by atoms with E-state index < -0.39 is 5.97 Å². The summed E-state index contributed by atoms with van der Waals surface area (Å²) in [6.07, 6.45) is 2.17. The number of carboxylic acids is 1. The van der Waals surface area contributed by atoms with Gasteiger partial charge in [0.1, 0.15) is 17.1 Å². The third kappa shape index (κ3) is 2.80. The minimum Gasteiger partial charge on any atom is -0.478 e. The first kappa shape index (κ1) is 12.4. The van der Waals surface area contributed by atoms with E-state index in [1.54, 1.807) is 6.07 Å². The predicted octanol–water partition coefficient (Wildman–Crippen LogP) is 3.52. The molecule has 1 heterocycles. The van der Waals surface area contributed by atoms with Crippen molar-refractivity contribution >= 4 is 5.97 Å². The molecule has 2 rings (SSSR count). The second-order valence-electron chi connectivity index (χ2n) is 4.27. The lowest BCUT2D eigenvalue weighted by Crippen LogP contribution is -1.98. The van der Waals surface area contributed by atoms with Crippen molar-refractivity contribution in [2.24, 2.45) is 0 Å². The number of hydrogen-bond acceptors (Lipinski definition) is 2. The Bertz CT molecular complexity index is 526. The van der Waals surface area contributed by atoms with Gasteiger partial charge in [-0.05, 0) is 18.1 Å². The Morgan fingerprint density at radius 2 is 2.00 bits per heavy atom. The standard InChI is InChI=1S/C15H16O3/c1-2-6-14-13(15(16)17)10-12(18-14)9-11-7-4-3-5-8-11/h3-5,7-8,10H,2,6,9H2,1H3,(H,16,17). The van der Waals surface area contributed by atoms with Gasteiger partial charge in [-0.25, -0.2) is 4.79 Å². The van der Waals surface area contributed by atoms with Crippen molar-refractivity contribution < 1.29 is 14.3 Å². The van der Waals surface area contributed by atoms with E-state index in [0.717, 1.165) is 12.0 Å². The molecule has 0 unspecified atom stereocenters. The average molecular weight is 244 g/mol. The fourth-order valence-corrected chi connectivity index (χ4v) is 1.96. The van der Waals surface area contributed by atoms with Crippen LogP contribution in [0.15, 0.2) is 40.8 Å². The quantitative estimate of drug-likeness (QED) is 0.875. The van der Waals surface area contributed by atoms with Gasteiger partial charge in [0.15, 0.2) is 0 Å². The lowest BCUT2D eigenvalue weighted by molar-refractivity contribution is 0.0694. The Kier molecular flexibility index (Phi) is 3.82. The Balaban J connectivity index is 2.24. The predicted molar refractivity (Wildman–Crippen MR) is 68.9 cm³/mol. The second kappa shape index (κ2) is 5.54. The van der Waals surface area contributed by atoms with E-state index in [9.17, 15) is 4.79 Å². The van der Waals surface area contributed by atoms with Crippen LogP contribution in [-0.4, -0.2) is 11.1 Å². The summed E-state index contributed by atoms with van der Waals surface area (Å²) in [7, 11) is 0. The number of carboxylic acid groups (broad SMARTS) is 1. The molecule has 1 aromatic heterocycles. The van der Waals surface area contributed by atoms with E-state index in [0.29, 0.717) is 29.9 Å². The van der Waals surface area contributed by atoms with E-state index in [-0.39, 0.29) is 0 Å². The summed E-state index contributed by atoms with van der Waals surface area (Å²) in [6, 6.07) is 11.5. The smallest absolute Gasteiger partial charge is 0.339 e. The molecule has 0 radical (unpaired) electrons. The highest BCUT2D eigenvalue weighted by Gasteiger charge is 2.16. The van der Waals surface area contributed by atoms with E-state index in [1.165, 1.54) is 0 Å². The van der Waals surface area contributed by atoms with Crippen molar-refractivity contribution in [1.82, 2.24) is 0 Å². The maximum atomic E-state index is 11.1. The summed E-state index contributed by atoms with van der Waals surface area (Å²) >= 11 is 0. The van der Waals surface area contributed by atoms with Gasteiger partial charge in [-0.2, -0.15) is 0 Å². The maximum Gasteiger partial charge on any atom is 0.339 e. The maximum absolute atomic E-state index is 11.1. The van der Waals surface area contributed by atoms with Crippen LogP contribution in [0.1, 0.15) is 40.8 Å². The molecule has 2 aromatic rings. The first-order valence-electron chi connectivity index (χ1n) is 6.09. The SMILES string of the molecule is CCCc1oc(Cc2ccccc2)cc1C(=O)O. The molecule has 0 bridgehead atoms. The number of furan rings is 1. The minimum absolute atomic E-state index is 0.294. The van der Waals surface area contributed by atoms with E-state index >= 15 is 0 Å². The molecule has 0 fully saturated rings. The third-order valence-corrected chi connectivity index (χ3v) is 2.79. The highest BCUT2D eigenvalue weighted by Crippen LogP contribution is 2.20. The van der Waals surface area contributed by atoms with Crippen molar-refractivity contribution in [3.8, 4) is 0 Å². The van der Waals surface area contributed by atoms with E-state index in [1.807, 2.05) is 37.3 Å². The molecule has 0 aliphatic heterocycles. The molecule has 1 aromatic carbocycles. The van der Waals surface area contributed by atoms with Crippen LogP contribution in [0.3, 0.4) is 0 Å². The molecule has 18 heavy (non-hydrogen) atoms. The Labute approximate surface area is 106 Å². The van der Waals surface area contributed by atoms with Crippen LogP contribution in [0.5, 0.6) is 0 Å². The van der Waals surface area contributed by atoms with Crippen molar-refractivity contribution in [1.29, 1.82) is 0 Å². The third-order valence-electron chi connectivity index (χ3n) is 2.79. The van der Waals surface area contributed by atoms with Crippen molar-refractivity contribution in [2.75, 3.05) is 0 Å². The molecule has 94 valence electrons. The van der Waals surface area contributed by atoms with Crippen molar-refractivity contribution in [3.05, 3.63) is 59.0 Å². The largest absolute Gasteiger partial charge is 0.478 e. The number of hydrogen-bond donors (Lipinski definition) is 1. The topological polar surface area (TPSA) is 50.4 Å². The molecule has 1 N–H and O–H groups in total. The zero-order valence-electron chi connectivity index (χ0n) is 10.3. The molecule has 0 saturated carbocycles. The lowest BCUT2D eigenvalue weighted by Gasteiger charge is -1.97. The number of benzene rings is 1. The van der Waals surface area contributed by atoms with Gasteiger partial charge in [0.2, 0.25) is 0 Å². The Morgan fingerprint density at radius 1 is 1.28 bits per heavy atom. The summed E-state index contributed by atoms with van der Waals surface area (Å²) in [6.45, 7) is 2.00. The number of aryl methyl sites for hydroxylation is 1. The van der Waals surface area contributed by atoms with Crippen LogP contribution in [-0.2, 0) is 12.8 Å². The van der Waals surface area contributed by atoms with Gasteiger partial charge in [0.05, 0.1) is 0 Å². The monoisotopic (exact) mass is 244 g/mol. The molecule has 3 nitrogen and oxygen atoms in total. The molecule has 0 aliphatic rings. The van der Waals surface area contributed by atoms with Crippen LogP contribution in [0.4, 0.5) is 0 Å². The van der Waals surface area contributed by atoms with Crippen LogP contribution in [0.25, 0.3) is 0 Å². The minimum atomic E-state index is -0.915. The summed E-state index contributed by atoms with van der Waals surface area (Å²) < 4.78 is 5.64. The first-order chi connectivity index (χ1) is 8.70. The van der Waals surface area contributed by atoms with Crippen molar-refractivity contribution in [3.63, 3.8) is 0 Å². The molecule has 0 aliphatic carbocycles. The average Bonchev–Trinajstić information content (AvgIpc) is 2.74. The van der Waals surface area contributed by atoms with Gasteiger partial charge >= 0.3 is 5.97 Å². The van der Waals surface area contributed by atoms with Gasteiger partial charge in [-0.1, -0.05) is 37.3 Å². The molecule has 0 saturated heterocycles. The van der Waals surface area contributed by atoms with Gasteiger partial charge in [0, 0.05) is 12.8 Å². The fraction of sp³-hybridized carbons (Fsp3) is 0.267. The number of carbonyl (C=O) groups is 1. The van der Waals surface area contributed by atoms with Crippen LogP contribution < -0.4 is 0 Å². The van der Waals surface area contributed by atoms with Crippen molar-refractivity contribution in [2.45, 2.75) is 26.2 Å². The lowest BCUT2D eigenvalue weighted by atomic mass is 10.1. The van der Waals surface area contributed by atoms with Gasteiger partial charge in [-0.15, -0.1) is 0 Å². The number of rotatable bonds is 5. The van der Waals surface area contributed by atoms with Gasteiger partial charge in [-0.3, -0.25) is 0 Å². The molecule has 0 amide bonds. The molecule has 0 atom stereocenters. The second-order valence-corrected chi connectivity index (χ2v) is 4.27. The van der Waals surface area contributed by atoms with Gasteiger partial charge in [0.25, 0.3) is 0 Å². The Morgan fingerprint density at radius 3 is 2.61 bits per heavy atom. The Hall–Kier alpha value is -2.03. The molecule has 0 spiro atoms. The zero-order chi connectivity index (χ0) is 13.0. The fourth-order valence-electron chi connectivity index (χ4n) is 1.96. The van der Waals surface area contributed by atoms with Crippen LogP contribution >= 0.6 is 0 Å². The molecule has 3 heteroatoms. The van der Waals surface area contributed by atoms with Crippen LogP contribution in [0.2, 0.25) is 0 Å². The summed E-state index contributed by atoms with van der Waals surface area (Å²) in [5.74, 6) is 0.375. The highest BCUT2D eigenvalue weighted by molar-refractivity contribution is 5.88. The number of aromatic carboxylic acids is 1. The molecular formula is C15H16O3.